The molecular formula is C26H31Cl2N3O5. The number of ether oxygens (including phenoxy) is 1. The van der Waals surface area contributed by atoms with Gasteiger partial charge in [-0.15, -0.1) is 0 Å². The molecule has 8 nitrogen and oxygen atoms in total. The number of unbranched alkanes of at least 4 members (excludes halogenated alkanes) is 1. The van der Waals surface area contributed by atoms with E-state index >= 15 is 0 Å². The number of oxime groups is 1. The molecule has 0 radical (unpaired) electrons. The second-order valence-electron chi connectivity index (χ2n) is 8.59. The molecule has 0 aliphatic heterocycles. The summed E-state index contributed by atoms with van der Waals surface area (Å²) < 4.78 is 5.57. The third kappa shape index (κ3) is 7.85. The van der Waals surface area contributed by atoms with Gasteiger partial charge in [0.25, 0.3) is 5.91 Å². The molecule has 0 spiro atoms. The maximum atomic E-state index is 13.1. The number of carbonyl (C=O) groups is 2. The van der Waals surface area contributed by atoms with Crippen LogP contribution in [0.4, 0.5) is 0 Å². The van der Waals surface area contributed by atoms with Crippen molar-refractivity contribution >= 4 is 40.8 Å². The first-order valence-electron chi connectivity index (χ1n) is 12.1. The number of aromatic hydroxyl groups is 1. The van der Waals surface area contributed by atoms with E-state index in [1.807, 2.05) is 30.3 Å². The summed E-state index contributed by atoms with van der Waals surface area (Å²) in [6.07, 6.45) is 6.32. The Balaban J connectivity index is 1.77. The fourth-order valence-corrected chi connectivity index (χ4v) is 4.39. The molecule has 0 aromatic heterocycles. The maximum absolute atomic E-state index is 13.1. The van der Waals surface area contributed by atoms with Crippen molar-refractivity contribution in [2.75, 3.05) is 13.2 Å². The normalized spacial score (nSPS) is 14.1. The first-order valence-corrected chi connectivity index (χ1v) is 12.8. The molecule has 1 aliphatic rings. The summed E-state index contributed by atoms with van der Waals surface area (Å²) in [5, 5.41) is 17.1. The van der Waals surface area contributed by atoms with Gasteiger partial charge in [0.2, 0.25) is 0 Å². The smallest absolute Gasteiger partial charge is 0.357 e. The highest BCUT2D eigenvalue weighted by Crippen LogP contribution is 2.42. The van der Waals surface area contributed by atoms with E-state index in [1.165, 1.54) is 6.07 Å². The number of phenolic OH excluding ortho intramolecular Hbond substituents is 1. The Morgan fingerprint density at radius 1 is 1.11 bits per heavy atom. The monoisotopic (exact) mass is 535 g/mol. The van der Waals surface area contributed by atoms with Gasteiger partial charge in [0.1, 0.15) is 11.1 Å². The summed E-state index contributed by atoms with van der Waals surface area (Å²) in [6.45, 7) is 0.823. The molecule has 0 heterocycles. The van der Waals surface area contributed by atoms with Crippen LogP contribution in [0.2, 0.25) is 10.0 Å². The van der Waals surface area contributed by atoms with Gasteiger partial charge in [-0.25, -0.2) is 4.79 Å². The van der Waals surface area contributed by atoms with E-state index in [4.69, 9.17) is 38.5 Å². The van der Waals surface area contributed by atoms with E-state index in [2.05, 4.69) is 10.5 Å². The van der Waals surface area contributed by atoms with Crippen LogP contribution in [0.25, 0.3) is 0 Å². The van der Waals surface area contributed by atoms with Crippen LogP contribution in [0.5, 0.6) is 11.5 Å². The Bertz CT molecular complexity index is 1070. The zero-order chi connectivity index (χ0) is 25.9. The Morgan fingerprint density at radius 3 is 2.53 bits per heavy atom. The van der Waals surface area contributed by atoms with E-state index in [1.54, 1.807) is 0 Å². The summed E-state index contributed by atoms with van der Waals surface area (Å²) in [5.74, 6) is -1.87. The third-order valence-electron chi connectivity index (χ3n) is 5.81. The molecule has 10 heteroatoms. The van der Waals surface area contributed by atoms with Gasteiger partial charge in [-0.05, 0) is 56.7 Å². The summed E-state index contributed by atoms with van der Waals surface area (Å²) in [6, 6.07) is 9.38. The van der Waals surface area contributed by atoms with E-state index in [0.717, 1.165) is 49.8 Å². The highest BCUT2D eigenvalue weighted by molar-refractivity contribution is 6.39. The van der Waals surface area contributed by atoms with Crippen molar-refractivity contribution in [1.82, 2.24) is 5.32 Å². The number of carbonyl (C=O) groups excluding carboxylic acids is 2. The summed E-state index contributed by atoms with van der Waals surface area (Å²) in [5.41, 5.74) is 6.93. The average molecular weight is 536 g/mol. The van der Waals surface area contributed by atoms with Crippen molar-refractivity contribution < 1.29 is 24.3 Å². The van der Waals surface area contributed by atoms with Crippen LogP contribution in [-0.4, -0.2) is 41.9 Å². The maximum Gasteiger partial charge on any atom is 0.357 e. The number of phenols is 1. The Kier molecular flexibility index (Phi) is 10.8. The summed E-state index contributed by atoms with van der Waals surface area (Å²) in [7, 11) is 0. The lowest BCUT2D eigenvalue weighted by Gasteiger charge is -2.18. The number of nitrogens with two attached hydrogens (primary N) is 1. The summed E-state index contributed by atoms with van der Waals surface area (Å²) >= 11 is 12.5. The van der Waals surface area contributed by atoms with E-state index in [0.29, 0.717) is 19.6 Å². The molecule has 1 amide bonds. The molecule has 1 saturated carbocycles. The van der Waals surface area contributed by atoms with E-state index in [9.17, 15) is 14.7 Å². The highest BCUT2D eigenvalue weighted by atomic mass is 35.5. The average Bonchev–Trinajstić information content (AvgIpc) is 2.89. The second kappa shape index (κ2) is 14.1. The topological polar surface area (TPSA) is 123 Å². The summed E-state index contributed by atoms with van der Waals surface area (Å²) in [4.78, 5) is 31.2. The molecule has 4 N–H and O–H groups in total. The number of halogens is 2. The fraction of sp³-hybridized carbons (Fsp3) is 0.423. The molecular weight excluding hydrogens is 505 g/mol. The van der Waals surface area contributed by atoms with Crippen molar-refractivity contribution in [1.29, 1.82) is 0 Å². The predicted molar refractivity (Wildman–Crippen MR) is 140 cm³/mol. The number of nitrogens with one attached hydrogen (secondary N) is 1. The number of nitrogens with zero attached hydrogens (tertiary/aromatic N) is 1. The molecule has 1 aliphatic carbocycles. The van der Waals surface area contributed by atoms with Gasteiger partial charge >= 0.3 is 5.97 Å². The van der Waals surface area contributed by atoms with Crippen LogP contribution in [0.15, 0.2) is 41.6 Å². The van der Waals surface area contributed by atoms with Gasteiger partial charge in [0.15, 0.2) is 11.5 Å². The second-order valence-corrected chi connectivity index (χ2v) is 9.37. The number of amides is 1. The fourth-order valence-electron chi connectivity index (χ4n) is 3.82. The minimum absolute atomic E-state index is 0.0570. The van der Waals surface area contributed by atoms with Gasteiger partial charge in [0.05, 0.1) is 22.9 Å². The van der Waals surface area contributed by atoms with Crippen LogP contribution in [0.3, 0.4) is 0 Å². The lowest BCUT2D eigenvalue weighted by atomic mass is 9.99. The number of benzene rings is 2. The van der Waals surface area contributed by atoms with Crippen LogP contribution < -0.4 is 15.8 Å². The molecule has 1 fully saturated rings. The van der Waals surface area contributed by atoms with E-state index < -0.39 is 23.7 Å². The minimum Gasteiger partial charge on any atom is -0.505 e. The van der Waals surface area contributed by atoms with Gasteiger partial charge in [-0.1, -0.05) is 65.1 Å². The number of rotatable bonds is 11. The molecule has 36 heavy (non-hydrogen) atoms. The first-order chi connectivity index (χ1) is 17.4. The van der Waals surface area contributed by atoms with Crippen molar-refractivity contribution in [2.45, 2.75) is 57.4 Å². The Labute approximate surface area is 220 Å². The molecule has 2 aromatic rings. The highest BCUT2D eigenvalue weighted by Gasteiger charge is 2.28. The molecule has 0 unspecified atom stereocenters. The SMILES string of the molecule is NCCCCOc1c(Cl)cc(C(=O)N[C@@H](Cc2ccccc2)C(=O)ON=C2CCCCC2)c(O)c1Cl. The van der Waals surface area contributed by atoms with Crippen molar-refractivity contribution in [3.8, 4) is 11.5 Å². The molecule has 1 atom stereocenters. The zero-order valence-electron chi connectivity index (χ0n) is 20.0. The lowest BCUT2D eigenvalue weighted by Crippen LogP contribution is -2.43. The Hall–Kier alpha value is -2.81. The Morgan fingerprint density at radius 2 is 1.83 bits per heavy atom. The molecule has 0 saturated heterocycles. The zero-order valence-corrected chi connectivity index (χ0v) is 21.5. The van der Waals surface area contributed by atoms with Crippen molar-refractivity contribution in [3.63, 3.8) is 0 Å². The van der Waals surface area contributed by atoms with Crippen LogP contribution in [0, 0.1) is 0 Å². The largest absolute Gasteiger partial charge is 0.505 e. The van der Waals surface area contributed by atoms with Gasteiger partial charge in [-0.3, -0.25) is 4.79 Å². The minimum atomic E-state index is -1.06. The van der Waals surface area contributed by atoms with Gasteiger partial charge in [0, 0.05) is 6.42 Å². The van der Waals surface area contributed by atoms with Crippen molar-refractivity contribution in [3.05, 3.63) is 57.6 Å². The standard InChI is InChI=1S/C26H31Cl2N3O5/c27-20-16-19(23(32)22(28)24(20)35-14-8-7-13-29)25(33)30-21(15-17-9-3-1-4-10-17)26(34)36-31-18-11-5-2-6-12-18/h1,3-4,9-10,16,21,32H,2,5-8,11-15,29H2,(H,30,33)/t21-/m0/s1. The molecule has 2 aromatic carbocycles. The van der Waals surface area contributed by atoms with Crippen LogP contribution in [0.1, 0.15) is 60.9 Å². The third-order valence-corrected chi connectivity index (χ3v) is 6.44. The van der Waals surface area contributed by atoms with Crippen LogP contribution >= 0.6 is 23.2 Å². The molecule has 0 bridgehead atoms. The van der Waals surface area contributed by atoms with E-state index in [-0.39, 0.29) is 27.8 Å². The van der Waals surface area contributed by atoms with Crippen molar-refractivity contribution in [2.24, 2.45) is 10.9 Å². The first kappa shape index (κ1) is 27.8. The number of hydrogen-bond donors (Lipinski definition) is 3. The van der Waals surface area contributed by atoms with Crippen LogP contribution in [-0.2, 0) is 16.1 Å². The number of hydrogen-bond acceptors (Lipinski definition) is 7. The molecule has 3 rings (SSSR count). The predicted octanol–water partition coefficient (Wildman–Crippen LogP) is 5.02. The van der Waals surface area contributed by atoms with Gasteiger partial charge in [-0.2, -0.15) is 0 Å². The van der Waals surface area contributed by atoms with Gasteiger partial charge < -0.3 is 25.7 Å². The molecule has 194 valence electrons. The quantitative estimate of drug-likeness (QED) is 0.211. The lowest BCUT2D eigenvalue weighted by molar-refractivity contribution is -0.146.